The van der Waals surface area contributed by atoms with E-state index in [0.717, 1.165) is 16.5 Å². The third-order valence-electron chi connectivity index (χ3n) is 4.01. The van der Waals surface area contributed by atoms with Crippen LogP contribution in [0.4, 0.5) is 5.69 Å². The Hall–Kier alpha value is -3.26. The fourth-order valence-corrected chi connectivity index (χ4v) is 3.75. The predicted octanol–water partition coefficient (Wildman–Crippen LogP) is 2.83. The first-order valence-corrected chi connectivity index (χ1v) is 9.33. The number of fused-ring (bicyclic) bond motifs is 1. The summed E-state index contributed by atoms with van der Waals surface area (Å²) in [5.74, 6) is 0. The molecule has 0 fully saturated rings. The van der Waals surface area contributed by atoms with E-state index in [9.17, 15) is 8.42 Å². The van der Waals surface area contributed by atoms with Gasteiger partial charge in [0.25, 0.3) is 10.0 Å². The maximum absolute atomic E-state index is 12.7. The molecule has 1 aromatic carbocycles. The van der Waals surface area contributed by atoms with Crippen LogP contribution in [0.1, 0.15) is 0 Å². The van der Waals surface area contributed by atoms with Gasteiger partial charge < -0.3 is 0 Å². The molecule has 3 heterocycles. The molecule has 0 unspecified atom stereocenters. The molecule has 0 aliphatic rings. The molecule has 1 N–H and O–H groups in total. The lowest BCUT2D eigenvalue weighted by Crippen LogP contribution is -2.14. The van der Waals surface area contributed by atoms with Crippen LogP contribution < -0.4 is 4.72 Å². The second-order valence-electron chi connectivity index (χ2n) is 5.74. The number of aryl methyl sites for hydroxylation is 1. The molecular formula is C18H15N5O2S. The SMILES string of the molecule is Cn1ncc2cccc(NS(=O)(=O)c3ccc(-c4cccnc4)nc3)c21. The van der Waals surface area contributed by atoms with E-state index in [-0.39, 0.29) is 4.90 Å². The van der Waals surface area contributed by atoms with Crippen molar-refractivity contribution in [2.45, 2.75) is 4.90 Å². The van der Waals surface area contributed by atoms with E-state index in [4.69, 9.17) is 0 Å². The highest BCUT2D eigenvalue weighted by Gasteiger charge is 2.17. The molecule has 0 radical (unpaired) electrons. The zero-order valence-corrected chi connectivity index (χ0v) is 14.7. The first kappa shape index (κ1) is 16.2. The van der Waals surface area contributed by atoms with Crippen LogP contribution in [0.5, 0.6) is 0 Å². The van der Waals surface area contributed by atoms with Crippen LogP contribution in [0, 0.1) is 0 Å². The molecule has 0 amide bonds. The molecule has 8 heteroatoms. The van der Waals surface area contributed by atoms with Gasteiger partial charge in [-0.1, -0.05) is 12.1 Å². The van der Waals surface area contributed by atoms with Gasteiger partial charge in [0.05, 0.1) is 23.1 Å². The Balaban J connectivity index is 1.67. The number of sulfonamides is 1. The normalized spacial score (nSPS) is 11.6. The van der Waals surface area contributed by atoms with Crippen molar-refractivity contribution in [1.29, 1.82) is 0 Å². The lowest BCUT2D eigenvalue weighted by Gasteiger charge is -2.10. The Kier molecular flexibility index (Phi) is 3.89. The topological polar surface area (TPSA) is 89.8 Å². The van der Waals surface area contributed by atoms with E-state index >= 15 is 0 Å². The van der Waals surface area contributed by atoms with Crippen molar-refractivity contribution in [2.24, 2.45) is 7.05 Å². The molecule has 0 saturated carbocycles. The highest BCUT2D eigenvalue weighted by Crippen LogP contribution is 2.25. The third-order valence-corrected chi connectivity index (χ3v) is 5.36. The number of pyridine rings is 2. The Labute approximate surface area is 150 Å². The molecule has 0 spiro atoms. The maximum atomic E-state index is 12.7. The predicted molar refractivity (Wildman–Crippen MR) is 99.0 cm³/mol. The molecule has 0 bridgehead atoms. The molecule has 130 valence electrons. The maximum Gasteiger partial charge on any atom is 0.263 e. The van der Waals surface area contributed by atoms with Crippen molar-refractivity contribution in [3.05, 3.63) is 67.3 Å². The number of nitrogens with zero attached hydrogens (tertiary/aromatic N) is 4. The van der Waals surface area contributed by atoms with Gasteiger partial charge in [-0.2, -0.15) is 5.10 Å². The van der Waals surface area contributed by atoms with Crippen molar-refractivity contribution < 1.29 is 8.42 Å². The minimum Gasteiger partial charge on any atom is -0.277 e. The van der Waals surface area contributed by atoms with E-state index in [1.54, 1.807) is 54.6 Å². The highest BCUT2D eigenvalue weighted by atomic mass is 32.2. The van der Waals surface area contributed by atoms with Gasteiger partial charge in [0.15, 0.2) is 0 Å². The standard InChI is InChI=1S/C18H15N5O2S/c1-23-18-14(11-21-23)4-2-6-17(18)22-26(24,25)15-7-8-16(20-12-15)13-5-3-9-19-10-13/h2-12,22H,1H3. The summed E-state index contributed by atoms with van der Waals surface area (Å²) in [5, 5.41) is 5.03. The molecule has 0 atom stereocenters. The van der Waals surface area contributed by atoms with Crippen LogP contribution in [0.15, 0.2) is 72.1 Å². The molecule has 26 heavy (non-hydrogen) atoms. The van der Waals surface area contributed by atoms with Crippen LogP contribution in [0.25, 0.3) is 22.2 Å². The Morgan fingerprint density at radius 3 is 2.62 bits per heavy atom. The third kappa shape index (κ3) is 2.91. The summed E-state index contributed by atoms with van der Waals surface area (Å²) >= 11 is 0. The smallest absolute Gasteiger partial charge is 0.263 e. The largest absolute Gasteiger partial charge is 0.277 e. The van der Waals surface area contributed by atoms with Gasteiger partial charge in [0.2, 0.25) is 0 Å². The quantitative estimate of drug-likeness (QED) is 0.601. The molecule has 3 aromatic heterocycles. The van der Waals surface area contributed by atoms with Gasteiger partial charge in [-0.25, -0.2) is 8.42 Å². The number of rotatable bonds is 4. The van der Waals surface area contributed by atoms with Crippen LogP contribution >= 0.6 is 0 Å². The fraction of sp³-hybridized carbons (Fsp3) is 0.0556. The summed E-state index contributed by atoms with van der Waals surface area (Å²) in [4.78, 5) is 8.38. The molecule has 0 saturated heterocycles. The Bertz CT molecular complexity index is 1170. The molecule has 0 aliphatic heterocycles. The number of nitrogens with one attached hydrogen (secondary N) is 1. The second kappa shape index (κ2) is 6.23. The molecule has 0 aliphatic carbocycles. The zero-order valence-electron chi connectivity index (χ0n) is 13.9. The van der Waals surface area contributed by atoms with E-state index in [0.29, 0.717) is 11.4 Å². The van der Waals surface area contributed by atoms with E-state index < -0.39 is 10.0 Å². The molecular weight excluding hydrogens is 350 g/mol. The first-order valence-electron chi connectivity index (χ1n) is 7.84. The number of benzene rings is 1. The average molecular weight is 365 g/mol. The summed E-state index contributed by atoms with van der Waals surface area (Å²) in [6, 6.07) is 12.2. The summed E-state index contributed by atoms with van der Waals surface area (Å²) < 4.78 is 29.7. The highest BCUT2D eigenvalue weighted by molar-refractivity contribution is 7.92. The van der Waals surface area contributed by atoms with Crippen molar-refractivity contribution in [1.82, 2.24) is 19.7 Å². The van der Waals surface area contributed by atoms with Gasteiger partial charge in [0.1, 0.15) is 4.90 Å². The summed E-state index contributed by atoms with van der Waals surface area (Å²) in [6.07, 6.45) is 6.38. The number of para-hydroxylation sites is 1. The van der Waals surface area contributed by atoms with Crippen LogP contribution in [-0.2, 0) is 17.1 Å². The lowest BCUT2D eigenvalue weighted by atomic mass is 10.2. The minimum atomic E-state index is -3.77. The van der Waals surface area contributed by atoms with Crippen molar-refractivity contribution in [3.63, 3.8) is 0 Å². The van der Waals surface area contributed by atoms with Crippen LogP contribution in [0.3, 0.4) is 0 Å². The Morgan fingerprint density at radius 1 is 1.00 bits per heavy atom. The van der Waals surface area contributed by atoms with Crippen molar-refractivity contribution in [2.75, 3.05) is 4.72 Å². The van der Waals surface area contributed by atoms with Crippen molar-refractivity contribution >= 4 is 26.6 Å². The first-order chi connectivity index (χ1) is 12.5. The summed E-state index contributed by atoms with van der Waals surface area (Å²) in [6.45, 7) is 0. The minimum absolute atomic E-state index is 0.0873. The van der Waals surface area contributed by atoms with Crippen LogP contribution in [0.2, 0.25) is 0 Å². The van der Waals surface area contributed by atoms with Gasteiger partial charge in [-0.3, -0.25) is 19.4 Å². The summed E-state index contributed by atoms with van der Waals surface area (Å²) in [7, 11) is -2.00. The van der Waals surface area contributed by atoms with Crippen LogP contribution in [-0.4, -0.2) is 28.2 Å². The number of hydrogen-bond acceptors (Lipinski definition) is 5. The van der Waals surface area contributed by atoms with Gasteiger partial charge in [-0.15, -0.1) is 0 Å². The number of aromatic nitrogens is 4. The van der Waals surface area contributed by atoms with Gasteiger partial charge in [0, 0.05) is 36.6 Å². The number of hydrogen-bond donors (Lipinski definition) is 1. The van der Waals surface area contributed by atoms with Gasteiger partial charge >= 0.3 is 0 Å². The number of anilines is 1. The van der Waals surface area contributed by atoms with Gasteiger partial charge in [-0.05, 0) is 30.3 Å². The van der Waals surface area contributed by atoms with E-state index in [1.807, 2.05) is 12.1 Å². The van der Waals surface area contributed by atoms with Crippen molar-refractivity contribution in [3.8, 4) is 11.3 Å². The Morgan fingerprint density at radius 2 is 1.88 bits per heavy atom. The molecule has 7 nitrogen and oxygen atoms in total. The monoisotopic (exact) mass is 365 g/mol. The molecule has 4 aromatic rings. The summed E-state index contributed by atoms with van der Waals surface area (Å²) in [5.41, 5.74) is 2.67. The second-order valence-corrected chi connectivity index (χ2v) is 7.42. The van der Waals surface area contributed by atoms with E-state index in [2.05, 4.69) is 19.8 Å². The zero-order chi connectivity index (χ0) is 18.1. The average Bonchev–Trinajstić information content (AvgIpc) is 3.04. The lowest BCUT2D eigenvalue weighted by molar-refractivity contribution is 0.601. The van der Waals surface area contributed by atoms with E-state index in [1.165, 1.54) is 12.3 Å². The molecule has 4 rings (SSSR count). The fourth-order valence-electron chi connectivity index (χ4n) is 2.74.